The molecule has 2 heterocycles. The van der Waals surface area contributed by atoms with E-state index in [1.54, 1.807) is 12.1 Å². The Balaban J connectivity index is 1.69. The van der Waals surface area contributed by atoms with Gasteiger partial charge in [-0.1, -0.05) is 24.9 Å². The number of unbranched alkanes of at least 4 members (excludes halogenated alkanes) is 1. The number of fused-ring (bicyclic) bond motifs is 1. The van der Waals surface area contributed by atoms with E-state index in [0.29, 0.717) is 28.6 Å². The van der Waals surface area contributed by atoms with E-state index >= 15 is 0 Å². The molecule has 0 amide bonds. The Morgan fingerprint density at radius 1 is 1.36 bits per heavy atom. The number of nitrogens with zero attached hydrogens (tertiary/aromatic N) is 2. The SMILES string of the molecule is CCCCn1nc(C(=O)OCc2cc(Cl)c3c(c2)OCO3)ccc1=O. The van der Waals surface area contributed by atoms with Crippen molar-refractivity contribution >= 4 is 17.6 Å². The van der Waals surface area contributed by atoms with E-state index in [9.17, 15) is 9.59 Å². The molecular weight excluding hydrogens is 348 g/mol. The zero-order chi connectivity index (χ0) is 17.8. The van der Waals surface area contributed by atoms with E-state index in [1.807, 2.05) is 6.92 Å². The number of rotatable bonds is 6. The molecule has 1 aromatic carbocycles. The number of benzene rings is 1. The fraction of sp³-hybridized carbons (Fsp3) is 0.353. The van der Waals surface area contributed by atoms with Gasteiger partial charge in [0.1, 0.15) is 6.61 Å². The first-order chi connectivity index (χ1) is 12.1. The van der Waals surface area contributed by atoms with Crippen LogP contribution in [0.1, 0.15) is 35.8 Å². The fourth-order valence-electron chi connectivity index (χ4n) is 2.35. The third kappa shape index (κ3) is 3.93. The van der Waals surface area contributed by atoms with Crippen molar-refractivity contribution in [3.63, 3.8) is 0 Å². The van der Waals surface area contributed by atoms with Crippen LogP contribution in [0.2, 0.25) is 5.02 Å². The van der Waals surface area contributed by atoms with Gasteiger partial charge in [0.2, 0.25) is 6.79 Å². The molecule has 0 atom stereocenters. The molecule has 0 aliphatic carbocycles. The molecule has 8 heteroatoms. The molecule has 2 aromatic rings. The third-order valence-electron chi connectivity index (χ3n) is 3.66. The van der Waals surface area contributed by atoms with Crippen molar-refractivity contribution in [1.29, 1.82) is 0 Å². The van der Waals surface area contributed by atoms with Crippen LogP contribution in [-0.4, -0.2) is 22.5 Å². The highest BCUT2D eigenvalue weighted by molar-refractivity contribution is 6.32. The number of hydrogen-bond donors (Lipinski definition) is 0. The Kier molecular flexibility index (Phi) is 5.23. The standard InChI is InChI=1S/C17H17ClN2O5/c1-2-3-6-20-15(21)5-4-13(19-20)17(22)23-9-11-7-12(18)16-14(8-11)24-10-25-16/h4-5,7-8H,2-3,6,9-10H2,1H3. The zero-order valence-corrected chi connectivity index (χ0v) is 14.4. The lowest BCUT2D eigenvalue weighted by atomic mass is 10.2. The Morgan fingerprint density at radius 3 is 3.00 bits per heavy atom. The van der Waals surface area contributed by atoms with E-state index < -0.39 is 5.97 Å². The molecule has 25 heavy (non-hydrogen) atoms. The van der Waals surface area contributed by atoms with Gasteiger partial charge in [-0.2, -0.15) is 5.10 Å². The van der Waals surface area contributed by atoms with Crippen LogP contribution in [0.25, 0.3) is 0 Å². The Morgan fingerprint density at radius 2 is 2.20 bits per heavy atom. The summed E-state index contributed by atoms with van der Waals surface area (Å²) in [5, 5.41) is 4.45. The average molecular weight is 365 g/mol. The van der Waals surface area contributed by atoms with Crippen LogP contribution in [-0.2, 0) is 17.9 Å². The molecule has 0 radical (unpaired) electrons. The molecule has 0 bridgehead atoms. The molecule has 3 rings (SSSR count). The zero-order valence-electron chi connectivity index (χ0n) is 13.7. The summed E-state index contributed by atoms with van der Waals surface area (Å²) >= 11 is 6.10. The van der Waals surface area contributed by atoms with Crippen molar-refractivity contribution < 1.29 is 19.0 Å². The molecule has 0 fully saturated rings. The molecular formula is C17H17ClN2O5. The first-order valence-corrected chi connectivity index (χ1v) is 8.29. The minimum absolute atomic E-state index is 0.00492. The van der Waals surface area contributed by atoms with Crippen LogP contribution in [0.4, 0.5) is 0 Å². The van der Waals surface area contributed by atoms with Gasteiger partial charge in [0.15, 0.2) is 17.2 Å². The number of esters is 1. The summed E-state index contributed by atoms with van der Waals surface area (Å²) in [6.07, 6.45) is 1.73. The highest BCUT2D eigenvalue weighted by Gasteiger charge is 2.19. The van der Waals surface area contributed by atoms with E-state index in [2.05, 4.69) is 5.10 Å². The van der Waals surface area contributed by atoms with Gasteiger partial charge in [0.25, 0.3) is 5.56 Å². The average Bonchev–Trinajstić information content (AvgIpc) is 3.08. The molecule has 0 unspecified atom stereocenters. The van der Waals surface area contributed by atoms with E-state index in [4.69, 9.17) is 25.8 Å². The number of aryl methyl sites for hydroxylation is 1. The number of halogens is 1. The summed E-state index contributed by atoms with van der Waals surface area (Å²) in [6.45, 7) is 2.60. The molecule has 0 N–H and O–H groups in total. The van der Waals surface area contributed by atoms with Gasteiger partial charge in [-0.3, -0.25) is 4.79 Å². The Hall–Kier alpha value is -2.54. The second-order valence-corrected chi connectivity index (χ2v) is 5.93. The summed E-state index contributed by atoms with van der Waals surface area (Å²) < 4.78 is 17.0. The molecule has 132 valence electrons. The normalized spacial score (nSPS) is 12.2. The molecule has 1 aliphatic rings. The lowest BCUT2D eigenvalue weighted by Crippen LogP contribution is -2.25. The van der Waals surface area contributed by atoms with Gasteiger partial charge < -0.3 is 14.2 Å². The first-order valence-electron chi connectivity index (χ1n) is 7.92. The van der Waals surface area contributed by atoms with Crippen molar-refractivity contribution in [3.8, 4) is 11.5 Å². The molecule has 1 aromatic heterocycles. The fourth-order valence-corrected chi connectivity index (χ4v) is 2.64. The third-order valence-corrected chi connectivity index (χ3v) is 3.94. The summed E-state index contributed by atoms with van der Waals surface area (Å²) in [7, 11) is 0. The van der Waals surface area contributed by atoms with E-state index in [0.717, 1.165) is 12.8 Å². The highest BCUT2D eigenvalue weighted by atomic mass is 35.5. The minimum atomic E-state index is -0.612. The van der Waals surface area contributed by atoms with Gasteiger partial charge in [-0.25, -0.2) is 9.48 Å². The summed E-state index contributed by atoms with van der Waals surface area (Å²) in [4.78, 5) is 23.9. The van der Waals surface area contributed by atoms with E-state index in [-0.39, 0.29) is 24.7 Å². The van der Waals surface area contributed by atoms with Gasteiger partial charge >= 0.3 is 5.97 Å². The van der Waals surface area contributed by atoms with Crippen LogP contribution in [0.5, 0.6) is 11.5 Å². The molecule has 0 saturated heterocycles. The summed E-state index contributed by atoms with van der Waals surface area (Å²) in [5.74, 6) is 0.394. The quantitative estimate of drug-likeness (QED) is 0.733. The predicted molar refractivity (Wildman–Crippen MR) is 90.1 cm³/mol. The smallest absolute Gasteiger partial charge is 0.359 e. The van der Waals surface area contributed by atoms with Crippen molar-refractivity contribution in [2.45, 2.75) is 32.9 Å². The number of carbonyl (C=O) groups excluding carboxylic acids is 1. The second kappa shape index (κ2) is 7.57. The Bertz CT molecular complexity index is 849. The van der Waals surface area contributed by atoms with Crippen LogP contribution in [0, 0.1) is 0 Å². The monoisotopic (exact) mass is 364 g/mol. The molecule has 0 saturated carbocycles. The van der Waals surface area contributed by atoms with E-state index in [1.165, 1.54) is 16.8 Å². The van der Waals surface area contributed by atoms with Crippen molar-refractivity contribution in [2.75, 3.05) is 6.79 Å². The van der Waals surface area contributed by atoms with Crippen LogP contribution in [0.15, 0.2) is 29.1 Å². The van der Waals surface area contributed by atoms with Gasteiger partial charge in [0.05, 0.1) is 5.02 Å². The van der Waals surface area contributed by atoms with Crippen molar-refractivity contribution in [3.05, 3.63) is 50.9 Å². The van der Waals surface area contributed by atoms with Gasteiger partial charge in [0, 0.05) is 12.6 Å². The maximum absolute atomic E-state index is 12.2. The number of carbonyl (C=O) groups is 1. The first kappa shape index (κ1) is 17.3. The lowest BCUT2D eigenvalue weighted by Gasteiger charge is -2.08. The predicted octanol–water partition coefficient (Wildman–Crippen LogP) is 2.78. The Labute approximate surface area is 149 Å². The maximum atomic E-state index is 12.2. The number of ether oxygens (including phenoxy) is 3. The number of hydrogen-bond acceptors (Lipinski definition) is 6. The molecule has 1 aliphatic heterocycles. The summed E-state index contributed by atoms with van der Waals surface area (Å²) in [5.41, 5.74) is 0.511. The van der Waals surface area contributed by atoms with Crippen molar-refractivity contribution in [2.24, 2.45) is 0 Å². The van der Waals surface area contributed by atoms with Crippen LogP contribution in [0.3, 0.4) is 0 Å². The largest absolute Gasteiger partial charge is 0.456 e. The van der Waals surface area contributed by atoms with Gasteiger partial charge in [-0.15, -0.1) is 0 Å². The van der Waals surface area contributed by atoms with Gasteiger partial charge in [-0.05, 0) is 30.2 Å². The summed E-state index contributed by atoms with van der Waals surface area (Å²) in [6, 6.07) is 6.03. The number of aromatic nitrogens is 2. The topological polar surface area (TPSA) is 79.7 Å². The van der Waals surface area contributed by atoms with Crippen LogP contribution < -0.4 is 15.0 Å². The highest BCUT2D eigenvalue weighted by Crippen LogP contribution is 2.39. The minimum Gasteiger partial charge on any atom is -0.456 e. The second-order valence-electron chi connectivity index (χ2n) is 5.52. The van der Waals surface area contributed by atoms with Crippen LogP contribution >= 0.6 is 11.6 Å². The maximum Gasteiger partial charge on any atom is 0.359 e. The molecule has 0 spiro atoms. The lowest BCUT2D eigenvalue weighted by molar-refractivity contribution is 0.0462. The van der Waals surface area contributed by atoms with Crippen molar-refractivity contribution in [1.82, 2.24) is 9.78 Å². The molecule has 7 nitrogen and oxygen atoms in total.